The number of likely N-dealkylation sites (tertiary alicyclic amines) is 2. The number of thiazole rings is 1. The summed E-state index contributed by atoms with van der Waals surface area (Å²) in [5, 5.41) is 0.698. The molecular weight excluding hydrogens is 428 g/mol. The fourth-order valence-corrected chi connectivity index (χ4v) is 6.07. The number of aromatic nitrogens is 1. The number of carbonyl (C=O) groups excluding carboxylic acids is 3. The first kappa shape index (κ1) is 21.2. The van der Waals surface area contributed by atoms with Gasteiger partial charge in [-0.15, -0.1) is 0 Å². The fourth-order valence-electron chi connectivity index (χ4n) is 5.04. The van der Waals surface area contributed by atoms with Gasteiger partial charge in [0.15, 0.2) is 5.13 Å². The molecule has 3 saturated heterocycles. The normalized spacial score (nSPS) is 27.6. The topological polar surface area (TPSA) is 83.1 Å². The highest BCUT2D eigenvalue weighted by molar-refractivity contribution is 7.22. The van der Waals surface area contributed by atoms with Gasteiger partial charge in [0.1, 0.15) is 11.6 Å². The summed E-state index contributed by atoms with van der Waals surface area (Å²) >= 11 is 1.51. The zero-order valence-electron chi connectivity index (χ0n) is 18.8. The number of rotatable bonds is 2. The van der Waals surface area contributed by atoms with Crippen LogP contribution in [0.1, 0.15) is 40.5 Å². The second-order valence-electron chi connectivity index (χ2n) is 9.82. The molecule has 1 aromatic carbocycles. The van der Waals surface area contributed by atoms with Gasteiger partial charge < -0.3 is 9.64 Å². The van der Waals surface area contributed by atoms with Gasteiger partial charge >= 0.3 is 6.09 Å². The Balaban J connectivity index is 1.35. The van der Waals surface area contributed by atoms with Crippen LogP contribution < -0.4 is 4.90 Å². The molecule has 3 aliphatic heterocycles. The summed E-state index contributed by atoms with van der Waals surface area (Å²) in [6.45, 7) is 8.43. The Morgan fingerprint density at radius 1 is 1.12 bits per heavy atom. The fraction of sp³-hybridized carbons (Fsp3) is 0.565. The number of carbonyl (C=O) groups is 3. The van der Waals surface area contributed by atoms with Crippen LogP contribution in [0.15, 0.2) is 24.3 Å². The van der Waals surface area contributed by atoms with Gasteiger partial charge in [-0.05, 0) is 45.7 Å². The summed E-state index contributed by atoms with van der Waals surface area (Å²) in [5.74, 6) is -0.386. The van der Waals surface area contributed by atoms with Gasteiger partial charge in [0.2, 0.25) is 11.8 Å². The van der Waals surface area contributed by atoms with Crippen LogP contribution in [0.25, 0.3) is 10.2 Å². The Hall–Kier alpha value is -2.68. The number of ether oxygens (including phenoxy) is 1. The van der Waals surface area contributed by atoms with Crippen molar-refractivity contribution in [2.24, 2.45) is 5.92 Å². The highest BCUT2D eigenvalue weighted by Crippen LogP contribution is 2.42. The molecule has 0 radical (unpaired) electrons. The van der Waals surface area contributed by atoms with Crippen molar-refractivity contribution in [1.29, 1.82) is 0 Å². The molecule has 8 nitrogen and oxygen atoms in total. The van der Waals surface area contributed by atoms with E-state index in [2.05, 4.69) is 0 Å². The molecule has 0 N–H and O–H groups in total. The Labute approximate surface area is 191 Å². The van der Waals surface area contributed by atoms with E-state index < -0.39 is 17.7 Å². The minimum Gasteiger partial charge on any atom is -0.444 e. The Morgan fingerprint density at radius 2 is 1.84 bits per heavy atom. The van der Waals surface area contributed by atoms with E-state index in [0.29, 0.717) is 31.1 Å². The predicted molar refractivity (Wildman–Crippen MR) is 122 cm³/mol. The van der Waals surface area contributed by atoms with E-state index in [1.807, 2.05) is 56.9 Å². The average Bonchev–Trinajstić information content (AvgIpc) is 3.34. The van der Waals surface area contributed by atoms with Crippen molar-refractivity contribution in [3.8, 4) is 0 Å². The summed E-state index contributed by atoms with van der Waals surface area (Å²) in [7, 11) is 0. The molecule has 32 heavy (non-hydrogen) atoms. The van der Waals surface area contributed by atoms with E-state index in [1.54, 1.807) is 4.90 Å². The molecule has 0 aliphatic carbocycles. The molecule has 4 heterocycles. The maximum atomic E-state index is 13.4. The molecule has 5 rings (SSSR count). The molecule has 170 valence electrons. The van der Waals surface area contributed by atoms with Crippen molar-refractivity contribution in [2.45, 2.75) is 64.3 Å². The number of fused-ring (bicyclic) bond motifs is 2. The van der Waals surface area contributed by atoms with Gasteiger partial charge in [0.05, 0.1) is 28.2 Å². The maximum Gasteiger partial charge on any atom is 0.410 e. The largest absolute Gasteiger partial charge is 0.444 e. The SMILES string of the molecule is C[C@@H]1C(=O)N(c2nc3ccccc3s2)[C@H]2CCN(C(=O)[C@@H]3CCN3C(=O)OC(C)(C)C)[C@H]12. The lowest BCUT2D eigenvalue weighted by Gasteiger charge is -2.42. The van der Waals surface area contributed by atoms with Gasteiger partial charge in [-0.1, -0.05) is 30.4 Å². The molecule has 2 aromatic rings. The van der Waals surface area contributed by atoms with E-state index in [-0.39, 0.29) is 29.8 Å². The van der Waals surface area contributed by atoms with Crippen LogP contribution in [0.3, 0.4) is 0 Å². The summed E-state index contributed by atoms with van der Waals surface area (Å²) < 4.78 is 6.50. The second kappa shape index (κ2) is 7.43. The third-order valence-corrected chi connectivity index (χ3v) is 7.63. The Morgan fingerprint density at radius 3 is 2.50 bits per heavy atom. The van der Waals surface area contributed by atoms with Crippen molar-refractivity contribution >= 4 is 44.6 Å². The van der Waals surface area contributed by atoms with Gasteiger partial charge in [0, 0.05) is 13.1 Å². The molecule has 0 spiro atoms. The lowest BCUT2D eigenvalue weighted by molar-refractivity contribution is -0.143. The lowest BCUT2D eigenvalue weighted by Crippen LogP contribution is -2.61. The van der Waals surface area contributed by atoms with Crippen molar-refractivity contribution in [2.75, 3.05) is 18.0 Å². The lowest BCUT2D eigenvalue weighted by atomic mass is 9.98. The van der Waals surface area contributed by atoms with Crippen LogP contribution in [-0.2, 0) is 14.3 Å². The third-order valence-electron chi connectivity index (χ3n) is 6.60. The van der Waals surface area contributed by atoms with Crippen molar-refractivity contribution in [3.05, 3.63) is 24.3 Å². The number of para-hydroxylation sites is 1. The van der Waals surface area contributed by atoms with Gasteiger partial charge in [0.25, 0.3) is 0 Å². The number of amides is 3. The van der Waals surface area contributed by atoms with E-state index in [0.717, 1.165) is 10.2 Å². The zero-order valence-corrected chi connectivity index (χ0v) is 19.6. The first-order valence-corrected chi connectivity index (χ1v) is 12.0. The maximum absolute atomic E-state index is 13.4. The van der Waals surface area contributed by atoms with Crippen LogP contribution in [-0.4, -0.2) is 69.5 Å². The molecule has 1 aromatic heterocycles. The van der Waals surface area contributed by atoms with E-state index in [4.69, 9.17) is 9.72 Å². The summed E-state index contributed by atoms with van der Waals surface area (Å²) in [6, 6.07) is 7.05. The molecular formula is C23H28N4O4S. The summed E-state index contributed by atoms with van der Waals surface area (Å²) in [6.07, 6.45) is 0.877. The summed E-state index contributed by atoms with van der Waals surface area (Å²) in [4.78, 5) is 49.0. The smallest absolute Gasteiger partial charge is 0.410 e. The summed E-state index contributed by atoms with van der Waals surface area (Å²) in [5.41, 5.74) is 0.271. The molecule has 0 unspecified atom stereocenters. The minimum atomic E-state index is -0.608. The number of hydrogen-bond donors (Lipinski definition) is 0. The number of benzene rings is 1. The third kappa shape index (κ3) is 3.34. The van der Waals surface area contributed by atoms with Crippen LogP contribution in [0.5, 0.6) is 0 Å². The van der Waals surface area contributed by atoms with Crippen molar-refractivity contribution in [1.82, 2.24) is 14.8 Å². The minimum absolute atomic E-state index is 0.00849. The Bertz CT molecular complexity index is 1060. The first-order valence-electron chi connectivity index (χ1n) is 11.1. The molecule has 4 atom stereocenters. The molecule has 9 heteroatoms. The zero-order chi connectivity index (χ0) is 22.8. The molecule has 0 bridgehead atoms. The van der Waals surface area contributed by atoms with Crippen LogP contribution >= 0.6 is 11.3 Å². The quantitative estimate of drug-likeness (QED) is 0.693. The van der Waals surface area contributed by atoms with E-state index in [1.165, 1.54) is 16.2 Å². The van der Waals surface area contributed by atoms with Crippen LogP contribution in [0.2, 0.25) is 0 Å². The van der Waals surface area contributed by atoms with E-state index in [9.17, 15) is 14.4 Å². The van der Waals surface area contributed by atoms with Gasteiger partial charge in [-0.2, -0.15) is 0 Å². The number of anilines is 1. The predicted octanol–water partition coefficient (Wildman–Crippen LogP) is 3.26. The highest BCUT2D eigenvalue weighted by atomic mass is 32.1. The Kier molecular flexibility index (Phi) is 4.92. The average molecular weight is 457 g/mol. The highest BCUT2D eigenvalue weighted by Gasteiger charge is 2.56. The molecule has 3 fully saturated rings. The van der Waals surface area contributed by atoms with Crippen LogP contribution in [0.4, 0.5) is 9.93 Å². The number of nitrogens with zero attached hydrogens (tertiary/aromatic N) is 4. The molecule has 0 saturated carbocycles. The number of hydrogen-bond acceptors (Lipinski definition) is 6. The van der Waals surface area contributed by atoms with Crippen molar-refractivity contribution < 1.29 is 19.1 Å². The standard InChI is InChI=1S/C23H28N4O4S/c1-13-18-15(27(19(13)28)21-24-14-7-5-6-8-17(14)32-21)9-12-26(18)20(29)16-10-11-25(16)22(30)31-23(2,3)4/h5-8,13,15-16,18H,9-12H2,1-4H3/t13-,15-,16-,18+/m0/s1. The second-order valence-corrected chi connectivity index (χ2v) is 10.8. The van der Waals surface area contributed by atoms with Gasteiger partial charge in [-0.3, -0.25) is 19.4 Å². The first-order chi connectivity index (χ1) is 15.2. The molecule has 3 aliphatic rings. The molecule has 3 amide bonds. The van der Waals surface area contributed by atoms with Crippen LogP contribution in [0, 0.1) is 5.92 Å². The monoisotopic (exact) mass is 456 g/mol. The van der Waals surface area contributed by atoms with Gasteiger partial charge in [-0.25, -0.2) is 9.78 Å². The van der Waals surface area contributed by atoms with E-state index >= 15 is 0 Å². The van der Waals surface area contributed by atoms with Crippen molar-refractivity contribution in [3.63, 3.8) is 0 Å².